The number of hydrogen-bond donors (Lipinski definition) is 0. The molecule has 0 fully saturated rings. The number of hydrogen-bond acceptors (Lipinski definition) is 6. The summed E-state index contributed by atoms with van der Waals surface area (Å²) in [5.41, 5.74) is 2.01. The first-order chi connectivity index (χ1) is 9.05. The molecule has 1 aromatic heterocycles. The molecule has 0 aliphatic rings. The van der Waals surface area contributed by atoms with Crippen LogP contribution < -0.4 is 0 Å². The monoisotopic (exact) mass is 302 g/mol. The Labute approximate surface area is 120 Å². The largest absolute Gasteiger partial charge is 0.500 e. The van der Waals surface area contributed by atoms with Gasteiger partial charge in [0.05, 0.1) is 0 Å². The standard InChI is InChI=1S/C12H22N2O3SSi/c1-10-9-11(2)14-12(13-10)18-7-6-8-19(15-3,16-4)17-5/h9H,6-8H2,1-5H3. The van der Waals surface area contributed by atoms with Gasteiger partial charge in [0.2, 0.25) is 0 Å². The molecule has 0 aliphatic heterocycles. The zero-order valence-electron chi connectivity index (χ0n) is 12.2. The summed E-state index contributed by atoms with van der Waals surface area (Å²) in [6.45, 7) is 3.97. The highest BCUT2D eigenvalue weighted by atomic mass is 32.2. The fraction of sp³-hybridized carbons (Fsp3) is 0.667. The van der Waals surface area contributed by atoms with E-state index in [1.807, 2.05) is 19.9 Å². The smallest absolute Gasteiger partial charge is 0.377 e. The van der Waals surface area contributed by atoms with Gasteiger partial charge in [0.15, 0.2) is 5.16 Å². The van der Waals surface area contributed by atoms with Gasteiger partial charge in [-0.05, 0) is 26.3 Å². The normalized spacial score (nSPS) is 11.8. The van der Waals surface area contributed by atoms with E-state index in [4.69, 9.17) is 13.3 Å². The molecule has 5 nitrogen and oxygen atoms in total. The molecule has 7 heteroatoms. The first-order valence-corrected chi connectivity index (χ1v) is 9.07. The molecule has 0 N–H and O–H groups in total. The molecule has 0 saturated carbocycles. The third-order valence-corrected chi connectivity index (χ3v) is 6.52. The molecular formula is C12H22N2O3SSi. The zero-order valence-corrected chi connectivity index (χ0v) is 14.0. The summed E-state index contributed by atoms with van der Waals surface area (Å²) in [4.78, 5) is 8.80. The first-order valence-electron chi connectivity index (χ1n) is 6.16. The van der Waals surface area contributed by atoms with Gasteiger partial charge in [-0.1, -0.05) is 11.8 Å². The Morgan fingerprint density at radius 1 is 1.05 bits per heavy atom. The molecule has 1 rings (SSSR count). The molecular weight excluding hydrogens is 280 g/mol. The van der Waals surface area contributed by atoms with Crippen molar-refractivity contribution in [1.29, 1.82) is 0 Å². The molecule has 0 spiro atoms. The van der Waals surface area contributed by atoms with Gasteiger partial charge in [0, 0.05) is 44.5 Å². The fourth-order valence-corrected chi connectivity index (χ4v) is 4.63. The van der Waals surface area contributed by atoms with E-state index in [1.54, 1.807) is 33.1 Å². The van der Waals surface area contributed by atoms with Crippen molar-refractivity contribution in [3.8, 4) is 0 Å². The Kier molecular flexibility index (Phi) is 6.94. The molecule has 19 heavy (non-hydrogen) atoms. The summed E-state index contributed by atoms with van der Waals surface area (Å²) in [6, 6.07) is 2.77. The van der Waals surface area contributed by atoms with Gasteiger partial charge in [-0.3, -0.25) is 0 Å². The topological polar surface area (TPSA) is 53.5 Å². The minimum Gasteiger partial charge on any atom is -0.377 e. The van der Waals surface area contributed by atoms with Crippen molar-refractivity contribution in [2.24, 2.45) is 0 Å². The van der Waals surface area contributed by atoms with Gasteiger partial charge >= 0.3 is 8.80 Å². The summed E-state index contributed by atoms with van der Waals surface area (Å²) in [7, 11) is 2.48. The average molecular weight is 302 g/mol. The summed E-state index contributed by atoms with van der Waals surface area (Å²) in [6.07, 6.45) is 0.947. The Bertz CT molecular complexity index is 374. The molecule has 1 heterocycles. The predicted molar refractivity (Wildman–Crippen MR) is 78.4 cm³/mol. The Morgan fingerprint density at radius 2 is 1.58 bits per heavy atom. The van der Waals surface area contributed by atoms with Crippen molar-refractivity contribution in [3.05, 3.63) is 17.5 Å². The van der Waals surface area contributed by atoms with Gasteiger partial charge in [-0.15, -0.1) is 0 Å². The highest BCUT2D eigenvalue weighted by molar-refractivity contribution is 7.99. The highest BCUT2D eigenvalue weighted by Gasteiger charge is 2.36. The van der Waals surface area contributed by atoms with Crippen LogP contribution in [0.3, 0.4) is 0 Å². The lowest BCUT2D eigenvalue weighted by atomic mass is 10.4. The third-order valence-electron chi connectivity index (χ3n) is 2.75. The number of rotatable bonds is 8. The van der Waals surface area contributed by atoms with Gasteiger partial charge in [-0.2, -0.15) is 0 Å². The maximum absolute atomic E-state index is 5.38. The summed E-state index contributed by atoms with van der Waals surface area (Å²) in [5, 5.41) is 0.831. The van der Waals surface area contributed by atoms with Crippen LogP contribution in [0.5, 0.6) is 0 Å². The molecule has 0 atom stereocenters. The van der Waals surface area contributed by atoms with E-state index in [1.165, 1.54) is 0 Å². The maximum atomic E-state index is 5.38. The van der Waals surface area contributed by atoms with E-state index in [2.05, 4.69) is 9.97 Å². The fourth-order valence-electron chi connectivity index (χ4n) is 1.77. The van der Waals surface area contributed by atoms with Crippen molar-refractivity contribution >= 4 is 20.6 Å². The van der Waals surface area contributed by atoms with Crippen molar-refractivity contribution in [2.45, 2.75) is 31.5 Å². The van der Waals surface area contributed by atoms with Crippen molar-refractivity contribution in [1.82, 2.24) is 9.97 Å². The van der Waals surface area contributed by atoms with Crippen LogP contribution in [0.1, 0.15) is 17.8 Å². The minimum absolute atomic E-state index is 0.800. The van der Waals surface area contributed by atoms with Gasteiger partial charge in [-0.25, -0.2) is 9.97 Å². The molecule has 0 amide bonds. The van der Waals surface area contributed by atoms with Crippen molar-refractivity contribution in [2.75, 3.05) is 27.1 Å². The Morgan fingerprint density at radius 3 is 2.05 bits per heavy atom. The number of aromatic nitrogens is 2. The zero-order chi connectivity index (χ0) is 14.3. The molecule has 0 bridgehead atoms. The van der Waals surface area contributed by atoms with E-state index < -0.39 is 8.80 Å². The van der Waals surface area contributed by atoms with Crippen LogP contribution >= 0.6 is 11.8 Å². The van der Waals surface area contributed by atoms with E-state index in [9.17, 15) is 0 Å². The summed E-state index contributed by atoms with van der Waals surface area (Å²) in [5.74, 6) is 0.924. The third kappa shape index (κ3) is 5.19. The van der Waals surface area contributed by atoms with Gasteiger partial charge in [0.1, 0.15) is 0 Å². The van der Waals surface area contributed by atoms with E-state index in [0.29, 0.717) is 0 Å². The second-order valence-corrected chi connectivity index (χ2v) is 8.33. The van der Waals surface area contributed by atoms with Crippen LogP contribution in [0.2, 0.25) is 6.04 Å². The van der Waals surface area contributed by atoms with Crippen molar-refractivity contribution < 1.29 is 13.3 Å². The molecule has 1 aromatic rings. The number of nitrogens with zero attached hydrogens (tertiary/aromatic N) is 2. The molecule has 0 radical (unpaired) electrons. The summed E-state index contributed by atoms with van der Waals surface area (Å²) >= 11 is 1.65. The van der Waals surface area contributed by atoms with E-state index >= 15 is 0 Å². The van der Waals surface area contributed by atoms with Crippen LogP contribution in [0.4, 0.5) is 0 Å². The van der Waals surface area contributed by atoms with Gasteiger partial charge in [0.25, 0.3) is 0 Å². The quantitative estimate of drug-likeness (QED) is 0.318. The van der Waals surface area contributed by atoms with E-state index in [-0.39, 0.29) is 0 Å². The number of aryl methyl sites for hydroxylation is 2. The lowest BCUT2D eigenvalue weighted by molar-refractivity contribution is 0.123. The predicted octanol–water partition coefficient (Wildman–Crippen LogP) is 2.45. The molecule has 0 aromatic carbocycles. The first kappa shape index (κ1) is 16.6. The van der Waals surface area contributed by atoms with Crippen LogP contribution in [0.15, 0.2) is 11.2 Å². The molecule has 108 valence electrons. The average Bonchev–Trinajstić information content (AvgIpc) is 2.39. The lowest BCUT2D eigenvalue weighted by Crippen LogP contribution is -2.42. The van der Waals surface area contributed by atoms with Crippen LogP contribution in [-0.2, 0) is 13.3 Å². The van der Waals surface area contributed by atoms with Crippen molar-refractivity contribution in [3.63, 3.8) is 0 Å². The summed E-state index contributed by atoms with van der Waals surface area (Å²) < 4.78 is 16.1. The van der Waals surface area contributed by atoms with Crippen LogP contribution in [0, 0.1) is 13.8 Å². The maximum Gasteiger partial charge on any atom is 0.500 e. The van der Waals surface area contributed by atoms with Crippen LogP contribution in [-0.4, -0.2) is 45.9 Å². The molecule has 0 unspecified atom stereocenters. The second kappa shape index (κ2) is 7.96. The highest BCUT2D eigenvalue weighted by Crippen LogP contribution is 2.20. The van der Waals surface area contributed by atoms with Gasteiger partial charge < -0.3 is 13.3 Å². The lowest BCUT2D eigenvalue weighted by Gasteiger charge is -2.24. The SMILES string of the molecule is CO[Si](CCCSc1nc(C)cc(C)n1)(OC)OC. The number of thioether (sulfide) groups is 1. The Hall–Kier alpha value is -0.473. The van der Waals surface area contributed by atoms with E-state index in [0.717, 1.165) is 34.8 Å². The second-order valence-electron chi connectivity index (χ2n) is 4.18. The molecule has 0 saturated heterocycles. The Balaban J connectivity index is 2.42. The van der Waals surface area contributed by atoms with Crippen LogP contribution in [0.25, 0.3) is 0 Å². The minimum atomic E-state index is -2.43. The molecule has 0 aliphatic carbocycles.